The van der Waals surface area contributed by atoms with Gasteiger partial charge in [-0.15, -0.1) is 13.2 Å². The molecule has 10 heteroatoms. The number of aromatic nitrogens is 1. The molecular weight excluding hydrogens is 485 g/mol. The number of halogens is 3. The molecule has 1 N–H and O–H groups in total. The van der Waals surface area contributed by atoms with E-state index in [-0.39, 0.29) is 23.5 Å². The number of alkyl halides is 3. The predicted octanol–water partition coefficient (Wildman–Crippen LogP) is 5.61. The van der Waals surface area contributed by atoms with Crippen LogP contribution in [0.2, 0.25) is 0 Å². The molecule has 37 heavy (non-hydrogen) atoms. The van der Waals surface area contributed by atoms with E-state index in [2.05, 4.69) is 24.8 Å². The molecule has 2 heterocycles. The topological polar surface area (TPSA) is 66.9 Å². The monoisotopic (exact) mass is 514 g/mol. The van der Waals surface area contributed by atoms with Crippen molar-refractivity contribution < 1.29 is 27.4 Å². The van der Waals surface area contributed by atoms with Crippen molar-refractivity contribution in [1.82, 2.24) is 9.88 Å². The first-order valence-electron chi connectivity index (χ1n) is 12.0. The summed E-state index contributed by atoms with van der Waals surface area (Å²) in [4.78, 5) is 21.3. The number of carbonyl (C=O) groups excluding carboxylic acids is 1. The molecule has 0 radical (unpaired) electrons. The van der Waals surface area contributed by atoms with E-state index in [0.717, 1.165) is 25.2 Å². The molecule has 1 aromatic heterocycles. The molecule has 1 fully saturated rings. The van der Waals surface area contributed by atoms with Gasteiger partial charge in [0.2, 0.25) is 0 Å². The number of esters is 1. The van der Waals surface area contributed by atoms with Crippen LogP contribution in [0, 0.1) is 0 Å². The number of anilines is 3. The summed E-state index contributed by atoms with van der Waals surface area (Å²) < 4.78 is 47.5. The molecule has 7 nitrogen and oxygen atoms in total. The Labute approximate surface area is 213 Å². The number of nitrogens with one attached hydrogen (secondary N) is 1. The molecule has 0 saturated carbocycles. The standard InChI is InChI=1S/C27H29F3N4O3/c1-19(2)36-26(35)22-6-5-13-31-25(22)34-16-14-33(15-17-34)18-20-9-11-21(12-10-20)32-23-7-3-4-8-24(23)37-27(28,29)30/h3-13,19,32H,14-18H2,1-2H3. The summed E-state index contributed by atoms with van der Waals surface area (Å²) in [7, 11) is 0. The summed E-state index contributed by atoms with van der Waals surface area (Å²) in [6.07, 6.45) is -3.29. The fourth-order valence-corrected chi connectivity index (χ4v) is 4.09. The van der Waals surface area contributed by atoms with Gasteiger partial charge in [-0.25, -0.2) is 9.78 Å². The summed E-state index contributed by atoms with van der Waals surface area (Å²) in [5.41, 5.74) is 2.44. The Balaban J connectivity index is 1.33. The number of carbonyl (C=O) groups is 1. The highest BCUT2D eigenvalue weighted by molar-refractivity contribution is 5.94. The number of ether oxygens (including phenoxy) is 2. The molecule has 196 valence electrons. The second-order valence-electron chi connectivity index (χ2n) is 8.96. The number of hydrogen-bond donors (Lipinski definition) is 1. The van der Waals surface area contributed by atoms with Crippen molar-refractivity contribution in [2.45, 2.75) is 32.9 Å². The average Bonchev–Trinajstić information content (AvgIpc) is 2.86. The molecule has 0 spiro atoms. The van der Waals surface area contributed by atoms with Crippen LogP contribution in [0.1, 0.15) is 29.8 Å². The minimum Gasteiger partial charge on any atom is -0.459 e. The lowest BCUT2D eigenvalue weighted by Crippen LogP contribution is -2.46. The predicted molar refractivity (Wildman–Crippen MR) is 135 cm³/mol. The van der Waals surface area contributed by atoms with Crippen LogP contribution in [0.4, 0.5) is 30.4 Å². The Hall–Kier alpha value is -3.79. The minimum atomic E-state index is -4.76. The molecule has 1 aliphatic heterocycles. The molecule has 2 aromatic carbocycles. The van der Waals surface area contributed by atoms with Gasteiger partial charge in [0.1, 0.15) is 11.4 Å². The van der Waals surface area contributed by atoms with Gasteiger partial charge in [0.05, 0.1) is 11.8 Å². The maximum atomic E-state index is 12.7. The summed E-state index contributed by atoms with van der Waals surface area (Å²) in [6.45, 7) is 7.37. The zero-order valence-corrected chi connectivity index (χ0v) is 20.7. The van der Waals surface area contributed by atoms with E-state index >= 15 is 0 Å². The van der Waals surface area contributed by atoms with Gasteiger partial charge < -0.3 is 19.7 Å². The number of hydrogen-bond acceptors (Lipinski definition) is 7. The molecule has 4 rings (SSSR count). The van der Waals surface area contributed by atoms with Crippen LogP contribution >= 0.6 is 0 Å². The normalized spacial score (nSPS) is 14.5. The average molecular weight is 515 g/mol. The maximum absolute atomic E-state index is 12.7. The Morgan fingerprint density at radius 1 is 1.00 bits per heavy atom. The molecule has 0 bridgehead atoms. The first kappa shape index (κ1) is 26.3. The largest absolute Gasteiger partial charge is 0.573 e. The van der Waals surface area contributed by atoms with Gasteiger partial charge in [0, 0.05) is 44.6 Å². The van der Waals surface area contributed by atoms with Crippen LogP contribution in [0.15, 0.2) is 66.9 Å². The van der Waals surface area contributed by atoms with Crippen LogP contribution in [-0.4, -0.2) is 54.5 Å². The number of rotatable bonds is 8. The first-order valence-corrected chi connectivity index (χ1v) is 12.0. The Morgan fingerprint density at radius 2 is 1.70 bits per heavy atom. The molecular formula is C27H29F3N4O3. The fraction of sp³-hybridized carbons (Fsp3) is 0.333. The maximum Gasteiger partial charge on any atom is 0.573 e. The SMILES string of the molecule is CC(C)OC(=O)c1cccnc1N1CCN(Cc2ccc(Nc3ccccc3OC(F)(F)F)cc2)CC1. The zero-order valence-electron chi connectivity index (χ0n) is 20.7. The van der Waals surface area contributed by atoms with Crippen LogP contribution in [0.3, 0.4) is 0 Å². The molecule has 0 amide bonds. The minimum absolute atomic E-state index is 0.207. The number of para-hydroxylation sites is 2. The van der Waals surface area contributed by atoms with Crippen molar-refractivity contribution in [2.75, 3.05) is 36.4 Å². The Kier molecular flexibility index (Phi) is 8.17. The zero-order chi connectivity index (χ0) is 26.4. The van der Waals surface area contributed by atoms with E-state index in [0.29, 0.717) is 30.2 Å². The van der Waals surface area contributed by atoms with Crippen LogP contribution in [0.25, 0.3) is 0 Å². The number of pyridine rings is 1. The van der Waals surface area contributed by atoms with Gasteiger partial charge in [-0.05, 0) is 55.8 Å². The second kappa shape index (κ2) is 11.5. The number of piperazine rings is 1. The third-order valence-corrected chi connectivity index (χ3v) is 5.77. The van der Waals surface area contributed by atoms with Crippen molar-refractivity contribution >= 4 is 23.2 Å². The van der Waals surface area contributed by atoms with Crippen molar-refractivity contribution in [1.29, 1.82) is 0 Å². The summed E-state index contributed by atoms with van der Waals surface area (Å²) in [5, 5.41) is 2.99. The molecule has 1 aliphatic rings. The first-order chi connectivity index (χ1) is 17.7. The van der Waals surface area contributed by atoms with Gasteiger partial charge >= 0.3 is 12.3 Å². The van der Waals surface area contributed by atoms with Gasteiger partial charge in [0.25, 0.3) is 0 Å². The molecule has 1 saturated heterocycles. The summed E-state index contributed by atoms with van der Waals surface area (Å²) in [6, 6.07) is 16.9. The van der Waals surface area contributed by atoms with Crippen LogP contribution in [-0.2, 0) is 11.3 Å². The fourth-order valence-electron chi connectivity index (χ4n) is 4.09. The van der Waals surface area contributed by atoms with Crippen molar-refractivity contribution in [2.24, 2.45) is 0 Å². The second-order valence-corrected chi connectivity index (χ2v) is 8.96. The smallest absolute Gasteiger partial charge is 0.459 e. The quantitative estimate of drug-likeness (QED) is 0.392. The van der Waals surface area contributed by atoms with Crippen molar-refractivity contribution in [3.63, 3.8) is 0 Å². The number of nitrogens with zero attached hydrogens (tertiary/aromatic N) is 3. The third-order valence-electron chi connectivity index (χ3n) is 5.77. The van der Waals surface area contributed by atoms with E-state index < -0.39 is 6.36 Å². The van der Waals surface area contributed by atoms with Gasteiger partial charge in [0.15, 0.2) is 5.75 Å². The molecule has 0 unspecified atom stereocenters. The highest BCUT2D eigenvalue weighted by atomic mass is 19.4. The Bertz CT molecular complexity index is 1190. The van der Waals surface area contributed by atoms with Gasteiger partial charge in [-0.3, -0.25) is 4.90 Å². The van der Waals surface area contributed by atoms with Crippen LogP contribution < -0.4 is 15.0 Å². The van der Waals surface area contributed by atoms with Crippen molar-refractivity contribution in [3.05, 3.63) is 78.0 Å². The van der Waals surface area contributed by atoms with Crippen molar-refractivity contribution in [3.8, 4) is 5.75 Å². The van der Waals surface area contributed by atoms with Crippen LogP contribution in [0.5, 0.6) is 5.75 Å². The van der Waals surface area contributed by atoms with E-state index in [1.807, 2.05) is 38.1 Å². The highest BCUT2D eigenvalue weighted by Gasteiger charge is 2.32. The highest BCUT2D eigenvalue weighted by Crippen LogP contribution is 2.32. The molecule has 0 atom stereocenters. The van der Waals surface area contributed by atoms with E-state index in [9.17, 15) is 18.0 Å². The van der Waals surface area contributed by atoms with Gasteiger partial charge in [-0.1, -0.05) is 24.3 Å². The lowest BCUT2D eigenvalue weighted by atomic mass is 10.1. The lowest BCUT2D eigenvalue weighted by Gasteiger charge is -2.36. The van der Waals surface area contributed by atoms with E-state index in [4.69, 9.17) is 4.74 Å². The summed E-state index contributed by atoms with van der Waals surface area (Å²) in [5.74, 6) is -0.0229. The van der Waals surface area contributed by atoms with Gasteiger partial charge in [-0.2, -0.15) is 0 Å². The molecule has 0 aliphatic carbocycles. The number of benzene rings is 2. The lowest BCUT2D eigenvalue weighted by molar-refractivity contribution is -0.274. The summed E-state index contributed by atoms with van der Waals surface area (Å²) >= 11 is 0. The van der Waals surface area contributed by atoms with E-state index in [1.54, 1.807) is 24.4 Å². The Morgan fingerprint density at radius 3 is 2.38 bits per heavy atom. The van der Waals surface area contributed by atoms with E-state index in [1.165, 1.54) is 18.2 Å². The molecule has 3 aromatic rings. The third kappa shape index (κ3) is 7.36.